The van der Waals surface area contributed by atoms with Crippen molar-refractivity contribution in [2.24, 2.45) is 5.92 Å². The molecule has 0 saturated carbocycles. The number of ether oxygens (including phenoxy) is 1. The average molecular weight is 206 g/mol. The lowest BCUT2D eigenvalue weighted by molar-refractivity contribution is 0.0612. The summed E-state index contributed by atoms with van der Waals surface area (Å²) in [6.07, 6.45) is 3.79. The molecule has 0 aromatic carbocycles. The van der Waals surface area contributed by atoms with Gasteiger partial charge >= 0.3 is 0 Å². The molecule has 1 rings (SSSR count). The van der Waals surface area contributed by atoms with Crippen LogP contribution in [0.1, 0.15) is 19.3 Å². The van der Waals surface area contributed by atoms with Gasteiger partial charge in [0.05, 0.1) is 0 Å². The molecule has 1 saturated heterocycles. The molecule has 1 heterocycles. The number of alkyl halides is 1. The Morgan fingerprint density at radius 1 is 1.31 bits per heavy atom. The zero-order chi connectivity index (χ0) is 9.52. The smallest absolute Gasteiger partial charge is 0.0468 e. The molecule has 0 amide bonds. The van der Waals surface area contributed by atoms with Crippen molar-refractivity contribution in [2.45, 2.75) is 19.3 Å². The molecule has 0 radical (unpaired) electrons. The van der Waals surface area contributed by atoms with Crippen LogP contribution in [0.2, 0.25) is 0 Å². The zero-order valence-corrected chi connectivity index (χ0v) is 9.22. The minimum atomic E-state index is 0.740. The van der Waals surface area contributed by atoms with Gasteiger partial charge in [-0.05, 0) is 38.8 Å². The Hall–Kier alpha value is 0.210. The second-order valence-corrected chi connectivity index (χ2v) is 4.21. The maximum atomic E-state index is 5.66. The van der Waals surface area contributed by atoms with Crippen molar-refractivity contribution >= 4 is 11.6 Å². The van der Waals surface area contributed by atoms with E-state index in [-0.39, 0.29) is 0 Å². The standard InChI is InChI=1S/C10H20ClNO/c1-12(7-5-11)6-2-10-3-8-13-9-4-10/h10H,2-9H2,1H3. The third-order valence-corrected chi connectivity index (χ3v) is 2.90. The highest BCUT2D eigenvalue weighted by atomic mass is 35.5. The van der Waals surface area contributed by atoms with Gasteiger partial charge in [0.25, 0.3) is 0 Å². The average Bonchev–Trinajstić information content (AvgIpc) is 2.17. The molecule has 1 aliphatic rings. The van der Waals surface area contributed by atoms with Gasteiger partial charge in [-0.1, -0.05) is 0 Å². The van der Waals surface area contributed by atoms with Gasteiger partial charge in [-0.2, -0.15) is 0 Å². The fourth-order valence-electron chi connectivity index (χ4n) is 1.69. The third-order valence-electron chi connectivity index (χ3n) is 2.73. The first-order valence-corrected chi connectivity index (χ1v) is 5.68. The molecule has 0 atom stereocenters. The Morgan fingerprint density at radius 3 is 2.62 bits per heavy atom. The van der Waals surface area contributed by atoms with E-state index in [4.69, 9.17) is 16.3 Å². The van der Waals surface area contributed by atoms with Crippen LogP contribution in [0.5, 0.6) is 0 Å². The number of hydrogen-bond donors (Lipinski definition) is 0. The molecule has 78 valence electrons. The van der Waals surface area contributed by atoms with Crippen LogP contribution in [0.15, 0.2) is 0 Å². The van der Waals surface area contributed by atoms with Crippen molar-refractivity contribution in [3.8, 4) is 0 Å². The second-order valence-electron chi connectivity index (χ2n) is 3.84. The molecule has 1 fully saturated rings. The predicted molar refractivity (Wildman–Crippen MR) is 56.4 cm³/mol. The molecule has 0 aliphatic carbocycles. The van der Waals surface area contributed by atoms with Crippen LogP contribution in [0, 0.1) is 5.92 Å². The summed E-state index contributed by atoms with van der Waals surface area (Å²) >= 11 is 5.66. The van der Waals surface area contributed by atoms with Gasteiger partial charge in [0.15, 0.2) is 0 Å². The van der Waals surface area contributed by atoms with E-state index in [0.29, 0.717) is 0 Å². The minimum absolute atomic E-state index is 0.740. The monoisotopic (exact) mass is 205 g/mol. The Morgan fingerprint density at radius 2 is 2.00 bits per heavy atom. The Kier molecular flexibility index (Phi) is 5.76. The zero-order valence-electron chi connectivity index (χ0n) is 8.47. The lowest BCUT2D eigenvalue weighted by Gasteiger charge is -2.24. The summed E-state index contributed by atoms with van der Waals surface area (Å²) in [5.74, 6) is 1.62. The largest absolute Gasteiger partial charge is 0.381 e. The first kappa shape index (κ1) is 11.3. The van der Waals surface area contributed by atoms with E-state index in [1.54, 1.807) is 0 Å². The van der Waals surface area contributed by atoms with Crippen LogP contribution in [0.25, 0.3) is 0 Å². The maximum Gasteiger partial charge on any atom is 0.0468 e. The fraction of sp³-hybridized carbons (Fsp3) is 1.00. The molecule has 0 N–H and O–H groups in total. The third kappa shape index (κ3) is 4.84. The summed E-state index contributed by atoms with van der Waals surface area (Å²) in [5.41, 5.74) is 0. The fourth-order valence-corrected chi connectivity index (χ4v) is 1.98. The first-order chi connectivity index (χ1) is 6.33. The van der Waals surface area contributed by atoms with Gasteiger partial charge in [0, 0.05) is 25.6 Å². The molecule has 0 aromatic rings. The highest BCUT2D eigenvalue weighted by Gasteiger charge is 2.13. The quantitative estimate of drug-likeness (QED) is 0.637. The van der Waals surface area contributed by atoms with Crippen molar-refractivity contribution in [2.75, 3.05) is 39.2 Å². The maximum absolute atomic E-state index is 5.66. The molecular weight excluding hydrogens is 186 g/mol. The Bertz CT molecular complexity index is 126. The van der Waals surface area contributed by atoms with E-state index >= 15 is 0 Å². The van der Waals surface area contributed by atoms with Crippen LogP contribution in [-0.4, -0.2) is 44.1 Å². The van der Waals surface area contributed by atoms with Gasteiger partial charge in [-0.15, -0.1) is 11.6 Å². The summed E-state index contributed by atoms with van der Waals surface area (Å²) < 4.78 is 5.32. The topological polar surface area (TPSA) is 12.5 Å². The summed E-state index contributed by atoms with van der Waals surface area (Å²) in [6.45, 7) is 4.11. The van der Waals surface area contributed by atoms with E-state index in [1.807, 2.05) is 0 Å². The molecule has 0 aromatic heterocycles. The van der Waals surface area contributed by atoms with Crippen LogP contribution < -0.4 is 0 Å². The summed E-state index contributed by atoms with van der Waals surface area (Å²) in [4.78, 5) is 2.31. The van der Waals surface area contributed by atoms with Gasteiger partial charge in [-0.3, -0.25) is 0 Å². The summed E-state index contributed by atoms with van der Waals surface area (Å²) in [6, 6.07) is 0. The molecule has 3 heteroatoms. The Balaban J connectivity index is 2.03. The van der Waals surface area contributed by atoms with Crippen molar-refractivity contribution in [3.05, 3.63) is 0 Å². The first-order valence-electron chi connectivity index (χ1n) is 5.15. The van der Waals surface area contributed by atoms with Gasteiger partial charge in [0.2, 0.25) is 0 Å². The van der Waals surface area contributed by atoms with Crippen LogP contribution >= 0.6 is 11.6 Å². The van der Waals surface area contributed by atoms with Crippen molar-refractivity contribution in [1.29, 1.82) is 0 Å². The van der Waals surface area contributed by atoms with Crippen LogP contribution in [0.4, 0.5) is 0 Å². The highest BCUT2D eigenvalue weighted by molar-refractivity contribution is 6.18. The van der Waals surface area contributed by atoms with Gasteiger partial charge in [-0.25, -0.2) is 0 Å². The number of rotatable bonds is 5. The lowest BCUT2D eigenvalue weighted by atomic mass is 9.96. The van der Waals surface area contributed by atoms with Gasteiger partial charge in [0.1, 0.15) is 0 Å². The Labute approximate surface area is 86.2 Å². The SMILES string of the molecule is CN(CCCl)CCC1CCOCC1. The van der Waals surface area contributed by atoms with E-state index < -0.39 is 0 Å². The molecule has 0 bridgehead atoms. The van der Waals surface area contributed by atoms with Crippen molar-refractivity contribution in [3.63, 3.8) is 0 Å². The van der Waals surface area contributed by atoms with Crippen molar-refractivity contribution < 1.29 is 4.74 Å². The van der Waals surface area contributed by atoms with E-state index in [2.05, 4.69) is 11.9 Å². The molecule has 13 heavy (non-hydrogen) atoms. The number of hydrogen-bond acceptors (Lipinski definition) is 2. The van der Waals surface area contributed by atoms with E-state index in [1.165, 1.54) is 25.8 Å². The molecule has 0 unspecified atom stereocenters. The normalized spacial score (nSPS) is 19.6. The van der Waals surface area contributed by atoms with E-state index in [0.717, 1.165) is 31.6 Å². The van der Waals surface area contributed by atoms with Crippen LogP contribution in [0.3, 0.4) is 0 Å². The molecule has 2 nitrogen and oxygen atoms in total. The van der Waals surface area contributed by atoms with Crippen LogP contribution in [-0.2, 0) is 4.74 Å². The highest BCUT2D eigenvalue weighted by Crippen LogP contribution is 2.18. The van der Waals surface area contributed by atoms with E-state index in [9.17, 15) is 0 Å². The molecule has 0 spiro atoms. The molecule has 1 aliphatic heterocycles. The predicted octanol–water partition coefficient (Wildman–Crippen LogP) is 1.97. The number of halogens is 1. The lowest BCUT2D eigenvalue weighted by Crippen LogP contribution is -2.25. The summed E-state index contributed by atoms with van der Waals surface area (Å²) in [7, 11) is 2.14. The number of nitrogens with zero attached hydrogens (tertiary/aromatic N) is 1. The summed E-state index contributed by atoms with van der Waals surface area (Å²) in [5, 5.41) is 0. The van der Waals surface area contributed by atoms with Gasteiger partial charge < -0.3 is 9.64 Å². The van der Waals surface area contributed by atoms with Crippen molar-refractivity contribution in [1.82, 2.24) is 4.90 Å². The minimum Gasteiger partial charge on any atom is -0.381 e. The second kappa shape index (κ2) is 6.63. The molecular formula is C10H20ClNO.